The summed E-state index contributed by atoms with van der Waals surface area (Å²) in [6, 6.07) is 7.79. The predicted octanol–water partition coefficient (Wildman–Crippen LogP) is 4.82. The molecular formula is C23H29N3O2. The second-order valence-electron chi connectivity index (χ2n) is 8.04. The number of para-hydroxylation sites is 1. The Balaban J connectivity index is 1.88. The summed E-state index contributed by atoms with van der Waals surface area (Å²) in [7, 11) is 0. The van der Waals surface area contributed by atoms with E-state index in [1.165, 1.54) is 6.20 Å². The smallest absolute Gasteiger partial charge is 0.257 e. The van der Waals surface area contributed by atoms with Gasteiger partial charge >= 0.3 is 0 Å². The van der Waals surface area contributed by atoms with Crippen LogP contribution in [-0.2, 0) is 0 Å². The van der Waals surface area contributed by atoms with E-state index in [1.807, 2.05) is 11.0 Å². The molecule has 0 unspecified atom stereocenters. The zero-order chi connectivity index (χ0) is 20.3. The molecule has 1 saturated heterocycles. The fourth-order valence-electron chi connectivity index (χ4n) is 3.66. The number of pyridine rings is 1. The maximum Gasteiger partial charge on any atom is 0.257 e. The summed E-state index contributed by atoms with van der Waals surface area (Å²) in [5, 5.41) is 3.09. The lowest BCUT2D eigenvalue weighted by atomic mass is 9.92. The first-order valence-corrected chi connectivity index (χ1v) is 10.1. The minimum Gasteiger partial charge on any atom is -0.339 e. The molecule has 28 heavy (non-hydrogen) atoms. The van der Waals surface area contributed by atoms with E-state index < -0.39 is 0 Å². The average Bonchev–Trinajstić information content (AvgIpc) is 3.22. The highest BCUT2D eigenvalue weighted by Gasteiger charge is 2.22. The van der Waals surface area contributed by atoms with Crippen LogP contribution in [-0.4, -0.2) is 34.8 Å². The van der Waals surface area contributed by atoms with Crippen molar-refractivity contribution >= 4 is 17.5 Å². The minimum atomic E-state index is -0.237. The van der Waals surface area contributed by atoms with E-state index in [9.17, 15) is 9.59 Å². The van der Waals surface area contributed by atoms with Crippen molar-refractivity contribution < 1.29 is 9.59 Å². The van der Waals surface area contributed by atoms with E-state index in [4.69, 9.17) is 0 Å². The fraction of sp³-hybridized carbons (Fsp3) is 0.435. The van der Waals surface area contributed by atoms with E-state index >= 15 is 0 Å². The Morgan fingerprint density at radius 2 is 1.54 bits per heavy atom. The molecule has 1 N–H and O–H groups in total. The maximum atomic E-state index is 13.0. The molecule has 0 radical (unpaired) electrons. The maximum absolute atomic E-state index is 13.0. The Morgan fingerprint density at radius 1 is 0.964 bits per heavy atom. The summed E-state index contributed by atoms with van der Waals surface area (Å²) in [6.45, 7) is 10.0. The van der Waals surface area contributed by atoms with E-state index in [-0.39, 0.29) is 23.7 Å². The Morgan fingerprint density at radius 3 is 2.11 bits per heavy atom. The van der Waals surface area contributed by atoms with Crippen molar-refractivity contribution in [2.45, 2.75) is 52.4 Å². The number of likely N-dealkylation sites (tertiary alicyclic amines) is 1. The van der Waals surface area contributed by atoms with Gasteiger partial charge in [-0.3, -0.25) is 14.6 Å². The molecule has 0 bridgehead atoms. The number of aromatic nitrogens is 1. The van der Waals surface area contributed by atoms with Crippen LogP contribution in [0.3, 0.4) is 0 Å². The summed E-state index contributed by atoms with van der Waals surface area (Å²) in [5.41, 5.74) is 3.96. The van der Waals surface area contributed by atoms with Gasteiger partial charge in [0, 0.05) is 31.2 Å². The van der Waals surface area contributed by atoms with E-state index in [1.54, 1.807) is 12.3 Å². The summed E-state index contributed by atoms with van der Waals surface area (Å²) in [6.07, 6.45) is 5.12. The third-order valence-corrected chi connectivity index (χ3v) is 5.25. The molecule has 0 aliphatic carbocycles. The lowest BCUT2D eigenvalue weighted by molar-refractivity contribution is 0.0792. The topological polar surface area (TPSA) is 62.3 Å². The van der Waals surface area contributed by atoms with Gasteiger partial charge in [-0.2, -0.15) is 0 Å². The van der Waals surface area contributed by atoms with Crippen LogP contribution in [0.2, 0.25) is 0 Å². The molecule has 2 heterocycles. The lowest BCUT2D eigenvalue weighted by Crippen LogP contribution is -2.28. The Kier molecular flexibility index (Phi) is 6.12. The first-order chi connectivity index (χ1) is 13.4. The van der Waals surface area contributed by atoms with Gasteiger partial charge in [-0.25, -0.2) is 0 Å². The number of hydrogen-bond acceptors (Lipinski definition) is 3. The molecule has 2 aromatic rings. The van der Waals surface area contributed by atoms with Crippen LogP contribution in [0.1, 0.15) is 84.2 Å². The van der Waals surface area contributed by atoms with Gasteiger partial charge in [-0.05, 0) is 41.9 Å². The number of anilines is 1. The first kappa shape index (κ1) is 20.1. The Hall–Kier alpha value is -2.69. The number of carbonyl (C=O) groups is 2. The second-order valence-corrected chi connectivity index (χ2v) is 8.04. The molecule has 0 atom stereocenters. The minimum absolute atomic E-state index is 0.0508. The molecular weight excluding hydrogens is 350 g/mol. The van der Waals surface area contributed by atoms with Gasteiger partial charge in [0.15, 0.2) is 0 Å². The van der Waals surface area contributed by atoms with Crippen LogP contribution in [0, 0.1) is 0 Å². The van der Waals surface area contributed by atoms with Crippen LogP contribution < -0.4 is 5.32 Å². The van der Waals surface area contributed by atoms with Crippen molar-refractivity contribution in [1.29, 1.82) is 0 Å². The number of hydrogen-bond donors (Lipinski definition) is 1. The molecule has 1 aromatic heterocycles. The lowest BCUT2D eigenvalue weighted by Gasteiger charge is -2.20. The number of nitrogens with one attached hydrogen (secondary N) is 1. The first-order valence-electron chi connectivity index (χ1n) is 10.1. The summed E-state index contributed by atoms with van der Waals surface area (Å²) in [4.78, 5) is 31.6. The van der Waals surface area contributed by atoms with E-state index in [0.717, 1.165) is 42.7 Å². The number of nitrogens with zero attached hydrogens (tertiary/aromatic N) is 2. The van der Waals surface area contributed by atoms with Crippen LogP contribution in [0.25, 0.3) is 0 Å². The van der Waals surface area contributed by atoms with Crippen LogP contribution >= 0.6 is 0 Å². The summed E-state index contributed by atoms with van der Waals surface area (Å²) < 4.78 is 0. The largest absolute Gasteiger partial charge is 0.339 e. The van der Waals surface area contributed by atoms with Gasteiger partial charge in [0.1, 0.15) is 0 Å². The van der Waals surface area contributed by atoms with Crippen molar-refractivity contribution in [2.24, 2.45) is 0 Å². The normalized spacial score (nSPS) is 14.0. The number of benzene rings is 1. The average molecular weight is 380 g/mol. The van der Waals surface area contributed by atoms with Crippen molar-refractivity contribution in [3.63, 3.8) is 0 Å². The molecule has 5 nitrogen and oxygen atoms in total. The molecule has 1 aliphatic heterocycles. The van der Waals surface area contributed by atoms with Crippen molar-refractivity contribution in [3.8, 4) is 0 Å². The fourth-order valence-corrected chi connectivity index (χ4v) is 3.66. The van der Waals surface area contributed by atoms with Gasteiger partial charge in [-0.1, -0.05) is 45.9 Å². The van der Waals surface area contributed by atoms with Gasteiger partial charge in [0.2, 0.25) is 0 Å². The van der Waals surface area contributed by atoms with E-state index in [0.29, 0.717) is 11.1 Å². The molecule has 1 fully saturated rings. The van der Waals surface area contributed by atoms with Gasteiger partial charge in [-0.15, -0.1) is 0 Å². The molecule has 148 valence electrons. The van der Waals surface area contributed by atoms with Crippen molar-refractivity contribution in [1.82, 2.24) is 9.88 Å². The Labute approximate surface area is 167 Å². The van der Waals surface area contributed by atoms with Crippen LogP contribution in [0.4, 0.5) is 5.69 Å². The van der Waals surface area contributed by atoms with Gasteiger partial charge in [0.25, 0.3) is 11.8 Å². The zero-order valence-electron chi connectivity index (χ0n) is 17.2. The molecule has 2 amide bonds. The van der Waals surface area contributed by atoms with E-state index in [2.05, 4.69) is 50.1 Å². The molecule has 1 aromatic carbocycles. The molecule has 3 rings (SSSR count). The number of rotatable bonds is 5. The monoisotopic (exact) mass is 379 g/mol. The third kappa shape index (κ3) is 4.24. The zero-order valence-corrected chi connectivity index (χ0v) is 17.2. The van der Waals surface area contributed by atoms with Crippen molar-refractivity contribution in [3.05, 3.63) is 58.9 Å². The highest BCUT2D eigenvalue weighted by molar-refractivity contribution is 6.06. The third-order valence-electron chi connectivity index (χ3n) is 5.25. The number of carbonyl (C=O) groups excluding carboxylic acids is 2. The quantitative estimate of drug-likeness (QED) is 0.810. The Bertz CT molecular complexity index is 842. The van der Waals surface area contributed by atoms with Crippen LogP contribution in [0.15, 0.2) is 36.7 Å². The standard InChI is InChI=1S/C23H29N3O2/c1-15(2)19-8-7-9-20(16(3)4)21(19)25-22(27)17-12-18(14-24-13-17)23(28)26-10-5-6-11-26/h7-9,12-16H,5-6,10-11H2,1-4H3,(H,25,27). The van der Waals surface area contributed by atoms with Crippen molar-refractivity contribution in [2.75, 3.05) is 18.4 Å². The summed E-state index contributed by atoms with van der Waals surface area (Å²) >= 11 is 0. The molecule has 5 heteroatoms. The van der Waals surface area contributed by atoms with Gasteiger partial charge < -0.3 is 10.2 Å². The van der Waals surface area contributed by atoms with Crippen LogP contribution in [0.5, 0.6) is 0 Å². The number of amides is 2. The SMILES string of the molecule is CC(C)c1cccc(C(C)C)c1NC(=O)c1cncc(C(=O)N2CCCC2)c1. The molecule has 0 saturated carbocycles. The molecule has 1 aliphatic rings. The highest BCUT2D eigenvalue weighted by Crippen LogP contribution is 2.32. The molecule has 0 spiro atoms. The predicted molar refractivity (Wildman–Crippen MR) is 112 cm³/mol. The summed E-state index contributed by atoms with van der Waals surface area (Å²) in [5.74, 6) is 0.286. The second kappa shape index (κ2) is 8.55. The highest BCUT2D eigenvalue weighted by atomic mass is 16.2. The van der Waals surface area contributed by atoms with Gasteiger partial charge in [0.05, 0.1) is 11.1 Å².